The zero-order valence-corrected chi connectivity index (χ0v) is 14.3. The topological polar surface area (TPSA) is 29.5 Å². The van der Waals surface area contributed by atoms with Gasteiger partial charge in [-0.15, -0.1) is 0 Å². The molecule has 0 bridgehead atoms. The molecule has 2 fully saturated rings. The second kappa shape index (κ2) is 7.96. The van der Waals surface area contributed by atoms with Crippen molar-refractivity contribution in [3.05, 3.63) is 35.4 Å². The normalized spacial score (nSPS) is 26.0. The van der Waals surface area contributed by atoms with Crippen molar-refractivity contribution in [3.63, 3.8) is 0 Å². The maximum atomic E-state index is 11.0. The summed E-state index contributed by atoms with van der Waals surface area (Å²) in [6.07, 6.45) is 8.49. The van der Waals surface area contributed by atoms with E-state index in [2.05, 4.69) is 29.2 Å². The van der Waals surface area contributed by atoms with Crippen molar-refractivity contribution in [1.29, 1.82) is 0 Å². The van der Waals surface area contributed by atoms with Crippen LogP contribution in [0, 0.1) is 0 Å². The Morgan fingerprint density at radius 3 is 2.30 bits per heavy atom. The van der Waals surface area contributed by atoms with Crippen molar-refractivity contribution in [3.8, 4) is 0 Å². The zero-order chi connectivity index (χ0) is 16.1. The molecule has 1 aromatic carbocycles. The first-order valence-corrected chi connectivity index (χ1v) is 9.19. The molecular weight excluding hydrogens is 286 g/mol. The Kier molecular flexibility index (Phi) is 5.71. The number of nitrogens with zero attached hydrogens (tertiary/aromatic N) is 1. The highest BCUT2D eigenvalue weighted by Crippen LogP contribution is 2.34. The lowest BCUT2D eigenvalue weighted by molar-refractivity contribution is -0.147. The average Bonchev–Trinajstić information content (AvgIpc) is 2.57. The number of esters is 1. The van der Waals surface area contributed by atoms with Crippen LogP contribution in [-0.2, 0) is 16.1 Å². The molecule has 3 nitrogen and oxygen atoms in total. The number of ether oxygens (including phenoxy) is 1. The van der Waals surface area contributed by atoms with Gasteiger partial charge in [-0.2, -0.15) is 0 Å². The summed E-state index contributed by atoms with van der Waals surface area (Å²) < 4.78 is 5.33. The molecule has 2 aliphatic rings. The SMILES string of the molecule is CC(=O)O[C@H]1CC[C@H](c2ccc(CN3CCCCC3)cc2)CC1. The minimum Gasteiger partial charge on any atom is -0.463 e. The molecule has 23 heavy (non-hydrogen) atoms. The van der Waals surface area contributed by atoms with E-state index in [9.17, 15) is 4.79 Å². The van der Waals surface area contributed by atoms with E-state index in [0.29, 0.717) is 5.92 Å². The Bertz CT molecular complexity index is 497. The molecule has 1 heterocycles. The van der Waals surface area contributed by atoms with Crippen LogP contribution in [0.4, 0.5) is 0 Å². The van der Waals surface area contributed by atoms with E-state index in [1.54, 1.807) is 0 Å². The number of carbonyl (C=O) groups excluding carboxylic acids is 1. The summed E-state index contributed by atoms with van der Waals surface area (Å²) in [4.78, 5) is 13.6. The monoisotopic (exact) mass is 315 g/mol. The smallest absolute Gasteiger partial charge is 0.302 e. The number of hydrogen-bond acceptors (Lipinski definition) is 3. The van der Waals surface area contributed by atoms with E-state index < -0.39 is 0 Å². The van der Waals surface area contributed by atoms with Gasteiger partial charge in [0.25, 0.3) is 0 Å². The molecule has 1 aromatic rings. The molecule has 0 aromatic heterocycles. The molecule has 1 saturated heterocycles. The maximum Gasteiger partial charge on any atom is 0.302 e. The third kappa shape index (κ3) is 4.81. The lowest BCUT2D eigenvalue weighted by Gasteiger charge is -2.29. The van der Waals surface area contributed by atoms with Crippen molar-refractivity contribution < 1.29 is 9.53 Å². The molecule has 0 spiro atoms. The lowest BCUT2D eigenvalue weighted by Crippen LogP contribution is -2.29. The maximum absolute atomic E-state index is 11.0. The van der Waals surface area contributed by atoms with Crippen molar-refractivity contribution >= 4 is 5.97 Å². The number of benzene rings is 1. The van der Waals surface area contributed by atoms with Gasteiger partial charge in [-0.1, -0.05) is 30.7 Å². The Balaban J connectivity index is 1.50. The quantitative estimate of drug-likeness (QED) is 0.777. The molecule has 126 valence electrons. The molecule has 1 aliphatic carbocycles. The van der Waals surface area contributed by atoms with Gasteiger partial charge in [0, 0.05) is 13.5 Å². The molecule has 3 heteroatoms. The molecule has 0 radical (unpaired) electrons. The molecular formula is C20H29NO2. The van der Waals surface area contributed by atoms with E-state index in [1.165, 1.54) is 50.4 Å². The van der Waals surface area contributed by atoms with Crippen LogP contribution in [0.2, 0.25) is 0 Å². The highest BCUT2D eigenvalue weighted by Gasteiger charge is 2.24. The fraction of sp³-hybridized carbons (Fsp3) is 0.650. The number of carbonyl (C=O) groups is 1. The van der Waals surface area contributed by atoms with Crippen LogP contribution in [0.1, 0.15) is 68.9 Å². The van der Waals surface area contributed by atoms with Gasteiger partial charge in [-0.05, 0) is 68.7 Å². The van der Waals surface area contributed by atoms with Gasteiger partial charge in [0.2, 0.25) is 0 Å². The highest BCUT2D eigenvalue weighted by molar-refractivity contribution is 5.66. The standard InChI is InChI=1S/C20H29NO2/c1-16(22)23-20-11-9-19(10-12-20)18-7-5-17(6-8-18)15-21-13-3-2-4-14-21/h5-8,19-20H,2-4,9-15H2,1H3/t19-,20-. The lowest BCUT2D eigenvalue weighted by atomic mass is 9.82. The number of rotatable bonds is 4. The summed E-state index contributed by atoms with van der Waals surface area (Å²) in [6.45, 7) is 5.11. The second-order valence-electron chi connectivity index (χ2n) is 7.16. The Morgan fingerprint density at radius 1 is 1.04 bits per heavy atom. The second-order valence-corrected chi connectivity index (χ2v) is 7.16. The number of likely N-dealkylation sites (tertiary alicyclic amines) is 1. The summed E-state index contributed by atoms with van der Waals surface area (Å²) in [5.41, 5.74) is 2.89. The molecule has 3 rings (SSSR count). The van der Waals surface area contributed by atoms with Gasteiger partial charge >= 0.3 is 5.97 Å². The Morgan fingerprint density at radius 2 is 1.70 bits per heavy atom. The van der Waals surface area contributed by atoms with Gasteiger partial charge in [-0.25, -0.2) is 0 Å². The first-order chi connectivity index (χ1) is 11.2. The molecule has 0 unspecified atom stereocenters. The van der Waals surface area contributed by atoms with E-state index in [1.807, 2.05) is 0 Å². The van der Waals surface area contributed by atoms with Crippen LogP contribution in [0.25, 0.3) is 0 Å². The van der Waals surface area contributed by atoms with Crippen LogP contribution in [0.3, 0.4) is 0 Å². The van der Waals surface area contributed by atoms with Gasteiger partial charge in [-0.3, -0.25) is 9.69 Å². The van der Waals surface area contributed by atoms with Crippen molar-refractivity contribution in [2.24, 2.45) is 0 Å². The highest BCUT2D eigenvalue weighted by atomic mass is 16.5. The first-order valence-electron chi connectivity index (χ1n) is 9.19. The Hall–Kier alpha value is -1.35. The molecule has 0 N–H and O–H groups in total. The third-order valence-electron chi connectivity index (χ3n) is 5.31. The average molecular weight is 315 g/mol. The van der Waals surface area contributed by atoms with Gasteiger partial charge < -0.3 is 4.74 Å². The summed E-state index contributed by atoms with van der Waals surface area (Å²) in [7, 11) is 0. The minimum absolute atomic E-state index is 0.141. The molecule has 0 amide bonds. The summed E-state index contributed by atoms with van der Waals surface area (Å²) >= 11 is 0. The number of piperidine rings is 1. The van der Waals surface area contributed by atoms with Gasteiger partial charge in [0.15, 0.2) is 0 Å². The van der Waals surface area contributed by atoms with Crippen LogP contribution >= 0.6 is 0 Å². The van der Waals surface area contributed by atoms with E-state index in [-0.39, 0.29) is 12.1 Å². The minimum atomic E-state index is -0.143. The fourth-order valence-corrected chi connectivity index (χ4v) is 4.02. The van der Waals surface area contributed by atoms with Crippen molar-refractivity contribution in [1.82, 2.24) is 4.90 Å². The fourth-order valence-electron chi connectivity index (χ4n) is 4.02. The van der Waals surface area contributed by atoms with E-state index in [0.717, 1.165) is 32.2 Å². The predicted octanol–water partition coefficient (Wildman–Crippen LogP) is 4.26. The van der Waals surface area contributed by atoms with Crippen LogP contribution in [-0.4, -0.2) is 30.1 Å². The third-order valence-corrected chi connectivity index (χ3v) is 5.31. The first kappa shape index (κ1) is 16.5. The zero-order valence-electron chi connectivity index (χ0n) is 14.3. The van der Waals surface area contributed by atoms with E-state index in [4.69, 9.17) is 4.74 Å². The Labute approximate surface area is 140 Å². The van der Waals surface area contributed by atoms with Crippen LogP contribution in [0.5, 0.6) is 0 Å². The number of hydrogen-bond donors (Lipinski definition) is 0. The van der Waals surface area contributed by atoms with Crippen molar-refractivity contribution in [2.45, 2.75) is 70.4 Å². The van der Waals surface area contributed by atoms with Crippen LogP contribution < -0.4 is 0 Å². The predicted molar refractivity (Wildman–Crippen MR) is 92.3 cm³/mol. The molecule has 1 saturated carbocycles. The van der Waals surface area contributed by atoms with Crippen LogP contribution in [0.15, 0.2) is 24.3 Å². The largest absolute Gasteiger partial charge is 0.463 e. The summed E-state index contributed by atoms with van der Waals surface area (Å²) in [6, 6.07) is 9.25. The molecule has 1 aliphatic heterocycles. The summed E-state index contributed by atoms with van der Waals surface area (Å²) in [5.74, 6) is 0.487. The van der Waals surface area contributed by atoms with E-state index >= 15 is 0 Å². The van der Waals surface area contributed by atoms with Gasteiger partial charge in [0.1, 0.15) is 6.10 Å². The van der Waals surface area contributed by atoms with Crippen molar-refractivity contribution in [2.75, 3.05) is 13.1 Å². The van der Waals surface area contributed by atoms with Gasteiger partial charge in [0.05, 0.1) is 0 Å². The summed E-state index contributed by atoms with van der Waals surface area (Å²) in [5, 5.41) is 0. The molecule has 0 atom stereocenters.